The standard InChI is InChI=1S/C12H25N3O.C2H6/c1-6-14-7-9-15(10-8-14)12(2,3)11(16)13(4)5;1-2/h6-10H2,1-5H3;1-2H3. The third kappa shape index (κ3) is 4.25. The second-order valence-corrected chi connectivity index (χ2v) is 5.18. The Morgan fingerprint density at radius 3 is 1.89 bits per heavy atom. The monoisotopic (exact) mass is 257 g/mol. The minimum Gasteiger partial charge on any atom is -0.347 e. The van der Waals surface area contributed by atoms with E-state index in [9.17, 15) is 4.79 Å². The van der Waals surface area contributed by atoms with E-state index >= 15 is 0 Å². The van der Waals surface area contributed by atoms with Gasteiger partial charge in [0.05, 0.1) is 5.54 Å². The van der Waals surface area contributed by atoms with Crippen LogP contribution in [0.1, 0.15) is 34.6 Å². The molecule has 1 fully saturated rings. The molecule has 0 radical (unpaired) electrons. The molecule has 1 rings (SSSR count). The molecular weight excluding hydrogens is 226 g/mol. The van der Waals surface area contributed by atoms with Crippen molar-refractivity contribution in [3.63, 3.8) is 0 Å². The van der Waals surface area contributed by atoms with E-state index in [1.54, 1.807) is 4.90 Å². The van der Waals surface area contributed by atoms with Gasteiger partial charge in [-0.3, -0.25) is 9.69 Å². The van der Waals surface area contributed by atoms with Crippen LogP contribution in [0.2, 0.25) is 0 Å². The summed E-state index contributed by atoms with van der Waals surface area (Å²) in [6, 6.07) is 0. The second-order valence-electron chi connectivity index (χ2n) is 5.18. The summed E-state index contributed by atoms with van der Waals surface area (Å²) in [6.07, 6.45) is 0. The molecule has 0 unspecified atom stereocenters. The molecule has 108 valence electrons. The molecule has 0 bridgehead atoms. The summed E-state index contributed by atoms with van der Waals surface area (Å²) in [5.74, 6) is 0.192. The van der Waals surface area contributed by atoms with E-state index < -0.39 is 0 Å². The zero-order chi connectivity index (χ0) is 14.3. The summed E-state index contributed by atoms with van der Waals surface area (Å²) in [5.41, 5.74) is -0.372. The van der Waals surface area contributed by atoms with Crippen LogP contribution < -0.4 is 0 Å². The number of carbonyl (C=O) groups excluding carboxylic acids is 1. The average Bonchev–Trinajstić information content (AvgIpc) is 2.40. The van der Waals surface area contributed by atoms with Crippen LogP contribution in [0, 0.1) is 0 Å². The fourth-order valence-electron chi connectivity index (χ4n) is 2.31. The number of piperazine rings is 1. The van der Waals surface area contributed by atoms with Gasteiger partial charge in [-0.05, 0) is 20.4 Å². The molecule has 0 saturated carbocycles. The molecule has 0 aromatic carbocycles. The zero-order valence-corrected chi connectivity index (χ0v) is 13.3. The molecular formula is C14H31N3O. The van der Waals surface area contributed by atoms with Gasteiger partial charge in [-0.1, -0.05) is 20.8 Å². The van der Waals surface area contributed by atoms with Gasteiger partial charge in [0.15, 0.2) is 0 Å². The van der Waals surface area contributed by atoms with E-state index in [1.807, 2.05) is 41.8 Å². The molecule has 1 heterocycles. The lowest BCUT2D eigenvalue weighted by Crippen LogP contribution is -2.60. The molecule has 1 amide bonds. The van der Waals surface area contributed by atoms with Crippen molar-refractivity contribution in [1.29, 1.82) is 0 Å². The predicted octanol–water partition coefficient (Wildman–Crippen LogP) is 1.52. The Labute approximate surface area is 113 Å². The van der Waals surface area contributed by atoms with Crippen molar-refractivity contribution in [2.24, 2.45) is 0 Å². The number of hydrogen-bond acceptors (Lipinski definition) is 3. The van der Waals surface area contributed by atoms with Gasteiger partial charge < -0.3 is 9.80 Å². The molecule has 1 aliphatic heterocycles. The van der Waals surface area contributed by atoms with Crippen LogP contribution in [0.15, 0.2) is 0 Å². The normalized spacial score (nSPS) is 17.9. The predicted molar refractivity (Wildman–Crippen MR) is 77.8 cm³/mol. The first kappa shape index (κ1) is 17.4. The van der Waals surface area contributed by atoms with Crippen molar-refractivity contribution in [3.05, 3.63) is 0 Å². The largest absolute Gasteiger partial charge is 0.347 e. The highest BCUT2D eigenvalue weighted by molar-refractivity contribution is 5.85. The number of amides is 1. The van der Waals surface area contributed by atoms with Gasteiger partial charge in [0, 0.05) is 40.3 Å². The van der Waals surface area contributed by atoms with Crippen molar-refractivity contribution >= 4 is 5.91 Å². The van der Waals surface area contributed by atoms with Crippen molar-refractivity contribution in [3.8, 4) is 0 Å². The molecule has 4 heteroatoms. The summed E-state index contributed by atoms with van der Waals surface area (Å²) in [6.45, 7) is 15.5. The van der Waals surface area contributed by atoms with Crippen molar-refractivity contribution < 1.29 is 4.79 Å². The molecule has 0 spiro atoms. The fraction of sp³-hybridized carbons (Fsp3) is 0.929. The van der Waals surface area contributed by atoms with Crippen LogP contribution in [0.25, 0.3) is 0 Å². The van der Waals surface area contributed by atoms with E-state index in [-0.39, 0.29) is 11.4 Å². The highest BCUT2D eigenvalue weighted by Gasteiger charge is 2.36. The molecule has 0 aromatic heterocycles. The minimum absolute atomic E-state index is 0.192. The number of likely N-dealkylation sites (N-methyl/N-ethyl adjacent to an activating group) is 2. The lowest BCUT2D eigenvalue weighted by atomic mass is 10.00. The van der Waals surface area contributed by atoms with Gasteiger partial charge in [-0.2, -0.15) is 0 Å². The summed E-state index contributed by atoms with van der Waals surface area (Å²) in [5, 5.41) is 0. The lowest BCUT2D eigenvalue weighted by Gasteiger charge is -2.43. The summed E-state index contributed by atoms with van der Waals surface area (Å²) in [4.78, 5) is 18.5. The van der Waals surface area contributed by atoms with E-state index in [2.05, 4.69) is 16.7 Å². The molecule has 1 saturated heterocycles. The van der Waals surface area contributed by atoms with E-state index in [1.165, 1.54) is 0 Å². The minimum atomic E-state index is -0.372. The smallest absolute Gasteiger partial charge is 0.242 e. The van der Waals surface area contributed by atoms with Gasteiger partial charge >= 0.3 is 0 Å². The Kier molecular flexibility index (Phi) is 7.48. The van der Waals surface area contributed by atoms with E-state index in [4.69, 9.17) is 0 Å². The first-order valence-electron chi connectivity index (χ1n) is 7.08. The maximum Gasteiger partial charge on any atom is 0.242 e. The number of hydrogen-bond donors (Lipinski definition) is 0. The third-order valence-electron chi connectivity index (χ3n) is 3.54. The van der Waals surface area contributed by atoms with Gasteiger partial charge in [0.25, 0.3) is 0 Å². The van der Waals surface area contributed by atoms with Gasteiger partial charge in [-0.15, -0.1) is 0 Å². The quantitative estimate of drug-likeness (QED) is 0.767. The summed E-state index contributed by atoms with van der Waals surface area (Å²) in [7, 11) is 3.65. The average molecular weight is 257 g/mol. The highest BCUT2D eigenvalue weighted by atomic mass is 16.2. The molecule has 0 aromatic rings. The van der Waals surface area contributed by atoms with Crippen LogP contribution in [0.5, 0.6) is 0 Å². The van der Waals surface area contributed by atoms with Crippen LogP contribution >= 0.6 is 0 Å². The summed E-state index contributed by atoms with van der Waals surface area (Å²) >= 11 is 0. The fourth-order valence-corrected chi connectivity index (χ4v) is 2.31. The Balaban J connectivity index is 0.00000137. The first-order valence-corrected chi connectivity index (χ1v) is 7.08. The molecule has 0 aliphatic carbocycles. The topological polar surface area (TPSA) is 26.8 Å². The van der Waals surface area contributed by atoms with Crippen molar-refractivity contribution in [2.75, 3.05) is 46.8 Å². The first-order chi connectivity index (χ1) is 8.39. The van der Waals surface area contributed by atoms with Crippen LogP contribution in [-0.2, 0) is 4.79 Å². The van der Waals surface area contributed by atoms with E-state index in [0.29, 0.717) is 0 Å². The molecule has 4 nitrogen and oxygen atoms in total. The Morgan fingerprint density at radius 1 is 1.11 bits per heavy atom. The second kappa shape index (κ2) is 7.74. The highest BCUT2D eigenvalue weighted by Crippen LogP contribution is 2.18. The summed E-state index contributed by atoms with van der Waals surface area (Å²) < 4.78 is 0. The van der Waals surface area contributed by atoms with E-state index in [0.717, 1.165) is 32.7 Å². The zero-order valence-electron chi connectivity index (χ0n) is 13.3. The van der Waals surface area contributed by atoms with Crippen LogP contribution in [-0.4, -0.2) is 73.0 Å². The lowest BCUT2D eigenvalue weighted by molar-refractivity contribution is -0.141. The number of rotatable bonds is 3. The SMILES string of the molecule is CC.CCN1CCN(C(C)(C)C(=O)N(C)C)CC1. The van der Waals surface area contributed by atoms with Crippen LogP contribution in [0.4, 0.5) is 0 Å². The Hall–Kier alpha value is -0.610. The van der Waals surface area contributed by atoms with Gasteiger partial charge in [-0.25, -0.2) is 0 Å². The maximum atomic E-state index is 12.1. The maximum absolute atomic E-state index is 12.1. The number of nitrogens with zero attached hydrogens (tertiary/aromatic N) is 3. The molecule has 18 heavy (non-hydrogen) atoms. The van der Waals surface area contributed by atoms with Crippen LogP contribution in [0.3, 0.4) is 0 Å². The Morgan fingerprint density at radius 2 is 1.56 bits per heavy atom. The molecule has 1 aliphatic rings. The van der Waals surface area contributed by atoms with Gasteiger partial charge in [0.1, 0.15) is 0 Å². The van der Waals surface area contributed by atoms with Crippen molar-refractivity contribution in [1.82, 2.24) is 14.7 Å². The Bertz CT molecular complexity index is 243. The molecule has 0 N–H and O–H groups in total. The molecule has 0 atom stereocenters. The van der Waals surface area contributed by atoms with Gasteiger partial charge in [0.2, 0.25) is 5.91 Å². The third-order valence-corrected chi connectivity index (χ3v) is 3.54. The van der Waals surface area contributed by atoms with Crippen molar-refractivity contribution in [2.45, 2.75) is 40.2 Å². The number of carbonyl (C=O) groups is 1.